The van der Waals surface area contributed by atoms with E-state index in [1.807, 2.05) is 18.2 Å². The molecular weight excluding hydrogens is 374 g/mol. The molecule has 1 aromatic carbocycles. The Kier molecular flexibility index (Phi) is 10.7. The Morgan fingerprint density at radius 1 is 1.23 bits per heavy atom. The number of nitrogens with one attached hydrogen (secondary N) is 3. The molecule has 30 heavy (non-hydrogen) atoms. The molecule has 0 heterocycles. The average molecular weight is 416 g/mol. The van der Waals surface area contributed by atoms with Gasteiger partial charge in [-0.1, -0.05) is 32.4 Å². The maximum atomic E-state index is 12.2. The fourth-order valence-electron chi connectivity index (χ4n) is 3.62. The van der Waals surface area contributed by atoms with Crippen LogP contribution in [-0.2, 0) is 11.3 Å². The number of aliphatic imine (C=N–C) groups is 1. The number of nitrogens with zero attached hydrogens (tertiary/aromatic N) is 2. The van der Waals surface area contributed by atoms with Crippen LogP contribution in [0.25, 0.3) is 0 Å². The largest absolute Gasteiger partial charge is 0.357 e. The van der Waals surface area contributed by atoms with Gasteiger partial charge in [0, 0.05) is 24.2 Å². The predicted octanol–water partition coefficient (Wildman–Crippen LogP) is 3.99. The second-order valence-corrected chi connectivity index (χ2v) is 8.23. The van der Waals surface area contributed by atoms with Crippen LogP contribution >= 0.6 is 0 Å². The van der Waals surface area contributed by atoms with Crippen molar-refractivity contribution >= 4 is 17.6 Å². The highest BCUT2D eigenvalue weighted by Crippen LogP contribution is 2.27. The first-order valence-electron chi connectivity index (χ1n) is 11.7. The first-order valence-corrected chi connectivity index (χ1v) is 11.7. The fourth-order valence-corrected chi connectivity index (χ4v) is 3.62. The first-order chi connectivity index (χ1) is 14.5. The predicted molar refractivity (Wildman–Crippen MR) is 127 cm³/mol. The van der Waals surface area contributed by atoms with E-state index >= 15 is 0 Å². The minimum atomic E-state index is 0.149. The molecule has 0 bridgehead atoms. The quantitative estimate of drug-likeness (QED) is 0.357. The SMILES string of the molecule is CCNC(=NCc1cccc(NC(=O)C2CCC2)c1)NC(C)CCCN(CC)CC. The second kappa shape index (κ2) is 13.3. The van der Waals surface area contributed by atoms with Gasteiger partial charge in [-0.25, -0.2) is 4.99 Å². The van der Waals surface area contributed by atoms with Crippen LogP contribution in [0, 0.1) is 5.92 Å². The van der Waals surface area contributed by atoms with Gasteiger partial charge < -0.3 is 20.9 Å². The standard InChI is InChI=1S/C24H41N5O/c1-5-25-24(27-19(4)11-10-16-29(6-2)7-3)26-18-20-12-8-15-22(17-20)28-23(30)21-13-9-14-21/h8,12,15,17,19,21H,5-7,9-11,13-14,16,18H2,1-4H3,(H,28,30)(H2,25,26,27). The van der Waals surface area contributed by atoms with Crippen molar-refractivity contribution in [3.05, 3.63) is 29.8 Å². The van der Waals surface area contributed by atoms with Gasteiger partial charge in [-0.15, -0.1) is 0 Å². The van der Waals surface area contributed by atoms with E-state index in [0.717, 1.165) is 62.7 Å². The molecule has 1 aliphatic carbocycles. The molecule has 0 radical (unpaired) electrons. The zero-order valence-electron chi connectivity index (χ0n) is 19.3. The number of guanidine groups is 1. The van der Waals surface area contributed by atoms with Crippen LogP contribution in [0.2, 0.25) is 0 Å². The minimum Gasteiger partial charge on any atom is -0.357 e. The number of carbonyl (C=O) groups excluding carboxylic acids is 1. The molecule has 1 amide bonds. The molecule has 1 fully saturated rings. The summed E-state index contributed by atoms with van der Waals surface area (Å²) in [6.45, 7) is 13.5. The van der Waals surface area contributed by atoms with Crippen LogP contribution in [0.5, 0.6) is 0 Å². The van der Waals surface area contributed by atoms with E-state index in [4.69, 9.17) is 4.99 Å². The van der Waals surface area contributed by atoms with Crippen molar-refractivity contribution in [1.29, 1.82) is 0 Å². The lowest BCUT2D eigenvalue weighted by atomic mass is 9.85. The molecule has 3 N–H and O–H groups in total. The van der Waals surface area contributed by atoms with E-state index in [1.54, 1.807) is 0 Å². The third-order valence-corrected chi connectivity index (χ3v) is 5.82. The monoisotopic (exact) mass is 415 g/mol. The van der Waals surface area contributed by atoms with E-state index in [2.05, 4.69) is 54.6 Å². The van der Waals surface area contributed by atoms with E-state index in [9.17, 15) is 4.79 Å². The van der Waals surface area contributed by atoms with Crippen LogP contribution in [0.4, 0.5) is 5.69 Å². The molecule has 1 aliphatic rings. The molecule has 0 aliphatic heterocycles. The normalized spacial score (nSPS) is 15.6. The number of hydrogen-bond acceptors (Lipinski definition) is 3. The van der Waals surface area contributed by atoms with Gasteiger partial charge in [-0.3, -0.25) is 4.79 Å². The summed E-state index contributed by atoms with van der Waals surface area (Å²) in [5.74, 6) is 1.19. The summed E-state index contributed by atoms with van der Waals surface area (Å²) in [6, 6.07) is 8.38. The van der Waals surface area contributed by atoms with Gasteiger partial charge in [-0.05, 0) is 76.9 Å². The summed E-state index contributed by atoms with van der Waals surface area (Å²) >= 11 is 0. The van der Waals surface area contributed by atoms with E-state index in [-0.39, 0.29) is 11.8 Å². The molecule has 0 aromatic heterocycles. The number of hydrogen-bond donors (Lipinski definition) is 3. The fraction of sp³-hybridized carbons (Fsp3) is 0.667. The van der Waals surface area contributed by atoms with Crippen molar-refractivity contribution in [3.8, 4) is 0 Å². The van der Waals surface area contributed by atoms with Crippen molar-refractivity contribution in [2.45, 2.75) is 72.4 Å². The Labute approximate surface area is 182 Å². The summed E-state index contributed by atoms with van der Waals surface area (Å²) in [5, 5.41) is 9.91. The van der Waals surface area contributed by atoms with Crippen LogP contribution in [0.3, 0.4) is 0 Å². The molecule has 6 nitrogen and oxygen atoms in total. The molecule has 1 aromatic rings. The third kappa shape index (κ3) is 8.34. The lowest BCUT2D eigenvalue weighted by molar-refractivity contribution is -0.122. The van der Waals surface area contributed by atoms with Gasteiger partial charge in [0.25, 0.3) is 0 Å². The molecule has 168 valence electrons. The number of rotatable bonds is 12. The zero-order valence-corrected chi connectivity index (χ0v) is 19.3. The van der Waals surface area contributed by atoms with E-state index in [0.29, 0.717) is 12.6 Å². The maximum absolute atomic E-state index is 12.2. The summed E-state index contributed by atoms with van der Waals surface area (Å²) in [4.78, 5) is 19.4. The van der Waals surface area contributed by atoms with E-state index in [1.165, 1.54) is 12.8 Å². The lowest BCUT2D eigenvalue weighted by Crippen LogP contribution is -2.42. The molecule has 1 saturated carbocycles. The first kappa shape index (κ1) is 24.2. The maximum Gasteiger partial charge on any atom is 0.227 e. The van der Waals surface area contributed by atoms with Crippen LogP contribution < -0.4 is 16.0 Å². The van der Waals surface area contributed by atoms with E-state index < -0.39 is 0 Å². The Hall–Kier alpha value is -2.08. The highest BCUT2D eigenvalue weighted by atomic mass is 16.1. The van der Waals surface area contributed by atoms with Gasteiger partial charge in [-0.2, -0.15) is 0 Å². The smallest absolute Gasteiger partial charge is 0.227 e. The highest BCUT2D eigenvalue weighted by molar-refractivity contribution is 5.93. The van der Waals surface area contributed by atoms with Gasteiger partial charge in [0.2, 0.25) is 5.91 Å². The average Bonchev–Trinajstić information content (AvgIpc) is 2.68. The van der Waals surface area contributed by atoms with Gasteiger partial charge in [0.1, 0.15) is 0 Å². The summed E-state index contributed by atoms with van der Waals surface area (Å²) in [6.07, 6.45) is 5.49. The summed E-state index contributed by atoms with van der Waals surface area (Å²) in [7, 11) is 0. The number of anilines is 1. The molecule has 0 saturated heterocycles. The topological polar surface area (TPSA) is 68.8 Å². The molecule has 1 atom stereocenters. The molecule has 6 heteroatoms. The van der Waals surface area contributed by atoms with Crippen molar-refractivity contribution in [1.82, 2.24) is 15.5 Å². The van der Waals surface area contributed by atoms with Gasteiger partial charge in [0.15, 0.2) is 5.96 Å². The van der Waals surface area contributed by atoms with Crippen LogP contribution in [0.1, 0.15) is 65.4 Å². The number of benzene rings is 1. The molecular formula is C24H41N5O. The minimum absolute atomic E-state index is 0.149. The van der Waals surface area contributed by atoms with Crippen LogP contribution in [-0.4, -0.2) is 49.0 Å². The summed E-state index contributed by atoms with van der Waals surface area (Å²) < 4.78 is 0. The van der Waals surface area contributed by atoms with Crippen molar-refractivity contribution < 1.29 is 4.79 Å². The Morgan fingerprint density at radius 3 is 2.63 bits per heavy atom. The molecule has 2 rings (SSSR count). The van der Waals surface area contributed by atoms with Gasteiger partial charge >= 0.3 is 0 Å². The number of carbonyl (C=O) groups is 1. The Balaban J connectivity index is 1.85. The lowest BCUT2D eigenvalue weighted by Gasteiger charge is -2.24. The molecule has 0 spiro atoms. The Morgan fingerprint density at radius 2 is 2.00 bits per heavy atom. The third-order valence-electron chi connectivity index (χ3n) is 5.82. The second-order valence-electron chi connectivity index (χ2n) is 8.23. The molecule has 1 unspecified atom stereocenters. The van der Waals surface area contributed by atoms with Crippen LogP contribution in [0.15, 0.2) is 29.3 Å². The number of amides is 1. The van der Waals surface area contributed by atoms with Crippen molar-refractivity contribution in [3.63, 3.8) is 0 Å². The Bertz CT molecular complexity index is 667. The summed E-state index contributed by atoms with van der Waals surface area (Å²) in [5.41, 5.74) is 1.95. The van der Waals surface area contributed by atoms with Crippen molar-refractivity contribution in [2.24, 2.45) is 10.9 Å². The van der Waals surface area contributed by atoms with Crippen molar-refractivity contribution in [2.75, 3.05) is 31.5 Å². The zero-order chi connectivity index (χ0) is 21.8. The highest BCUT2D eigenvalue weighted by Gasteiger charge is 2.25. The van der Waals surface area contributed by atoms with Gasteiger partial charge in [0.05, 0.1) is 6.54 Å².